The minimum absolute atomic E-state index is 0.244. The SMILES string of the molecule is Cc1cc([C@H]2CCCCN2Cc2cn[nH]c2-c2cccc(F)c2)no1. The van der Waals surface area contributed by atoms with Gasteiger partial charge in [-0.1, -0.05) is 23.7 Å². The van der Waals surface area contributed by atoms with Crippen molar-refractivity contribution in [1.82, 2.24) is 20.3 Å². The first-order chi connectivity index (χ1) is 12.2. The molecule has 0 saturated carbocycles. The molecule has 1 aromatic carbocycles. The summed E-state index contributed by atoms with van der Waals surface area (Å²) in [5.74, 6) is 0.594. The third-order valence-electron chi connectivity index (χ3n) is 4.81. The first kappa shape index (κ1) is 16.0. The molecule has 3 aromatic rings. The second-order valence-electron chi connectivity index (χ2n) is 6.63. The second-order valence-corrected chi connectivity index (χ2v) is 6.63. The molecule has 6 heteroatoms. The lowest BCUT2D eigenvalue weighted by molar-refractivity contribution is 0.134. The summed E-state index contributed by atoms with van der Waals surface area (Å²) >= 11 is 0. The highest BCUT2D eigenvalue weighted by atomic mass is 19.1. The van der Waals surface area contributed by atoms with Crippen LogP contribution in [0.2, 0.25) is 0 Å². The second kappa shape index (κ2) is 6.80. The van der Waals surface area contributed by atoms with Crippen LogP contribution in [0.3, 0.4) is 0 Å². The average Bonchev–Trinajstić information content (AvgIpc) is 3.24. The molecule has 1 aliphatic heterocycles. The smallest absolute Gasteiger partial charge is 0.133 e. The van der Waals surface area contributed by atoms with E-state index in [1.807, 2.05) is 25.3 Å². The summed E-state index contributed by atoms with van der Waals surface area (Å²) in [4.78, 5) is 2.41. The zero-order chi connectivity index (χ0) is 17.2. The lowest BCUT2D eigenvalue weighted by Crippen LogP contribution is -2.33. The van der Waals surface area contributed by atoms with E-state index in [0.29, 0.717) is 0 Å². The Morgan fingerprint density at radius 3 is 3.04 bits per heavy atom. The number of rotatable bonds is 4. The summed E-state index contributed by atoms with van der Waals surface area (Å²) in [7, 11) is 0. The maximum atomic E-state index is 13.6. The molecule has 0 amide bonds. The fourth-order valence-electron chi connectivity index (χ4n) is 3.60. The standard InChI is InChI=1S/C19H21FN4O/c1-13-9-17(23-25-13)18-7-2-3-8-24(18)12-15-11-21-22-19(15)14-5-4-6-16(20)10-14/h4-6,9-11,18H,2-3,7-8,12H2,1H3,(H,21,22)/t18-/m1/s1. The van der Waals surface area contributed by atoms with E-state index in [0.717, 1.165) is 47.8 Å². The Labute approximate surface area is 145 Å². The highest BCUT2D eigenvalue weighted by Gasteiger charge is 2.27. The molecule has 0 aliphatic carbocycles. The number of nitrogens with one attached hydrogen (secondary N) is 1. The molecule has 1 fully saturated rings. The Hall–Kier alpha value is -2.47. The molecular formula is C19H21FN4O. The van der Waals surface area contributed by atoms with Crippen molar-refractivity contribution < 1.29 is 8.91 Å². The maximum absolute atomic E-state index is 13.6. The normalized spacial score (nSPS) is 18.6. The van der Waals surface area contributed by atoms with Crippen LogP contribution < -0.4 is 0 Å². The molecule has 130 valence electrons. The molecule has 1 N–H and O–H groups in total. The summed E-state index contributed by atoms with van der Waals surface area (Å²) in [6.45, 7) is 3.67. The average molecular weight is 340 g/mol. The molecule has 1 atom stereocenters. The molecule has 0 bridgehead atoms. The van der Waals surface area contributed by atoms with Crippen LogP contribution in [0.1, 0.15) is 42.3 Å². The maximum Gasteiger partial charge on any atom is 0.133 e. The van der Waals surface area contributed by atoms with E-state index in [9.17, 15) is 4.39 Å². The van der Waals surface area contributed by atoms with Crippen LogP contribution in [-0.2, 0) is 6.54 Å². The number of benzene rings is 1. The van der Waals surface area contributed by atoms with Gasteiger partial charge in [0.2, 0.25) is 0 Å². The first-order valence-corrected chi connectivity index (χ1v) is 8.66. The van der Waals surface area contributed by atoms with E-state index in [2.05, 4.69) is 20.3 Å². The Morgan fingerprint density at radius 1 is 1.32 bits per heavy atom. The minimum Gasteiger partial charge on any atom is -0.361 e. The number of piperidine rings is 1. The van der Waals surface area contributed by atoms with Gasteiger partial charge in [0.15, 0.2) is 0 Å². The van der Waals surface area contributed by atoms with Crippen LogP contribution >= 0.6 is 0 Å². The van der Waals surface area contributed by atoms with Crippen molar-refractivity contribution in [3.05, 3.63) is 59.4 Å². The predicted octanol–water partition coefficient (Wildman–Crippen LogP) is 4.24. The molecule has 2 aromatic heterocycles. The number of likely N-dealkylation sites (tertiary alicyclic amines) is 1. The summed E-state index contributed by atoms with van der Waals surface area (Å²) in [5.41, 5.74) is 3.75. The van der Waals surface area contributed by atoms with Crippen molar-refractivity contribution in [2.45, 2.75) is 38.8 Å². The topological polar surface area (TPSA) is 58.0 Å². The van der Waals surface area contributed by atoms with E-state index in [1.165, 1.54) is 25.0 Å². The number of hydrogen-bond acceptors (Lipinski definition) is 4. The molecule has 0 spiro atoms. The Morgan fingerprint density at radius 2 is 2.24 bits per heavy atom. The lowest BCUT2D eigenvalue weighted by Gasteiger charge is -2.34. The van der Waals surface area contributed by atoms with E-state index >= 15 is 0 Å². The number of hydrogen-bond donors (Lipinski definition) is 1. The zero-order valence-corrected chi connectivity index (χ0v) is 14.2. The van der Waals surface area contributed by atoms with Crippen LogP contribution in [0.15, 0.2) is 41.1 Å². The molecule has 25 heavy (non-hydrogen) atoms. The summed E-state index contributed by atoms with van der Waals surface area (Å²) in [6, 6.07) is 8.87. The number of H-pyrrole nitrogens is 1. The fraction of sp³-hybridized carbons (Fsp3) is 0.368. The van der Waals surface area contributed by atoms with Crippen LogP contribution in [0.5, 0.6) is 0 Å². The minimum atomic E-state index is -0.244. The van der Waals surface area contributed by atoms with Gasteiger partial charge < -0.3 is 4.52 Å². The molecule has 1 aliphatic rings. The number of halogens is 1. The summed E-state index contributed by atoms with van der Waals surface area (Å²) in [5, 5.41) is 11.4. The Bertz CT molecular complexity index is 856. The molecule has 0 unspecified atom stereocenters. The zero-order valence-electron chi connectivity index (χ0n) is 14.2. The van der Waals surface area contributed by atoms with Crippen LogP contribution in [0.25, 0.3) is 11.3 Å². The van der Waals surface area contributed by atoms with Gasteiger partial charge >= 0.3 is 0 Å². The fourth-order valence-corrected chi connectivity index (χ4v) is 3.60. The van der Waals surface area contributed by atoms with Crippen molar-refractivity contribution in [2.75, 3.05) is 6.54 Å². The van der Waals surface area contributed by atoms with Crippen LogP contribution in [0, 0.1) is 12.7 Å². The molecule has 5 nitrogen and oxygen atoms in total. The number of aryl methyl sites for hydroxylation is 1. The number of aromatic nitrogens is 3. The Kier molecular flexibility index (Phi) is 4.36. The number of aromatic amines is 1. The molecule has 4 rings (SSSR count). The highest BCUT2D eigenvalue weighted by Crippen LogP contribution is 2.33. The van der Waals surface area contributed by atoms with Crippen LogP contribution in [0.4, 0.5) is 4.39 Å². The highest BCUT2D eigenvalue weighted by molar-refractivity contribution is 5.62. The third-order valence-corrected chi connectivity index (χ3v) is 4.81. The summed E-state index contributed by atoms with van der Waals surface area (Å²) in [6.07, 6.45) is 5.26. The van der Waals surface area contributed by atoms with E-state index < -0.39 is 0 Å². The van der Waals surface area contributed by atoms with Gasteiger partial charge in [0.25, 0.3) is 0 Å². The van der Waals surface area contributed by atoms with Crippen molar-refractivity contribution >= 4 is 0 Å². The van der Waals surface area contributed by atoms with Gasteiger partial charge in [0, 0.05) is 23.7 Å². The molecule has 0 radical (unpaired) electrons. The van der Waals surface area contributed by atoms with Gasteiger partial charge in [-0.25, -0.2) is 4.39 Å². The largest absolute Gasteiger partial charge is 0.361 e. The molecule has 3 heterocycles. The molecule has 1 saturated heterocycles. The van der Waals surface area contributed by atoms with E-state index in [1.54, 1.807) is 6.07 Å². The predicted molar refractivity (Wildman–Crippen MR) is 92.2 cm³/mol. The van der Waals surface area contributed by atoms with Gasteiger partial charge in [-0.15, -0.1) is 0 Å². The third kappa shape index (κ3) is 3.35. The first-order valence-electron chi connectivity index (χ1n) is 8.66. The van der Waals surface area contributed by atoms with E-state index in [-0.39, 0.29) is 11.9 Å². The summed E-state index contributed by atoms with van der Waals surface area (Å²) < 4.78 is 18.8. The van der Waals surface area contributed by atoms with Gasteiger partial charge in [-0.05, 0) is 38.4 Å². The number of nitrogens with zero attached hydrogens (tertiary/aromatic N) is 3. The van der Waals surface area contributed by atoms with E-state index in [4.69, 9.17) is 4.52 Å². The van der Waals surface area contributed by atoms with Crippen molar-refractivity contribution in [3.8, 4) is 11.3 Å². The van der Waals surface area contributed by atoms with Gasteiger partial charge in [0.05, 0.1) is 17.9 Å². The lowest BCUT2D eigenvalue weighted by atomic mass is 9.98. The van der Waals surface area contributed by atoms with Gasteiger partial charge in [-0.2, -0.15) is 5.10 Å². The van der Waals surface area contributed by atoms with Crippen molar-refractivity contribution in [1.29, 1.82) is 0 Å². The Balaban J connectivity index is 1.60. The van der Waals surface area contributed by atoms with Gasteiger partial charge in [0.1, 0.15) is 17.3 Å². The quantitative estimate of drug-likeness (QED) is 0.772. The monoisotopic (exact) mass is 340 g/mol. The van der Waals surface area contributed by atoms with Crippen molar-refractivity contribution in [3.63, 3.8) is 0 Å². The molecular weight excluding hydrogens is 319 g/mol. The van der Waals surface area contributed by atoms with Crippen LogP contribution in [-0.4, -0.2) is 26.8 Å². The van der Waals surface area contributed by atoms with Crippen molar-refractivity contribution in [2.24, 2.45) is 0 Å². The van der Waals surface area contributed by atoms with Gasteiger partial charge in [-0.3, -0.25) is 10.00 Å².